The van der Waals surface area contributed by atoms with Gasteiger partial charge in [-0.2, -0.15) is 13.2 Å². The van der Waals surface area contributed by atoms with Crippen LogP contribution in [-0.2, 0) is 6.18 Å². The van der Waals surface area contributed by atoms with Gasteiger partial charge in [-0.15, -0.1) is 0 Å². The van der Waals surface area contributed by atoms with Crippen molar-refractivity contribution in [3.05, 3.63) is 65.5 Å². The largest absolute Gasteiger partial charge is 0.416 e. The molecule has 1 atom stereocenters. The highest BCUT2D eigenvalue weighted by atomic mass is 19.4. The fourth-order valence-electron chi connectivity index (χ4n) is 2.95. The maximum atomic E-state index is 12.8. The molecule has 1 aromatic carbocycles. The van der Waals surface area contributed by atoms with Crippen LogP contribution in [0.15, 0.2) is 48.8 Å². The standard InChI is InChI=1S/C17H18F3N3/c18-17(19,20)15-5-3-13(4-6-15)16(14-2-1-7-22-12-14)23-10-8-21-9-11-23/h1-7,12,16,21H,8-11H2/t16-/m1/s1. The number of nitrogens with one attached hydrogen (secondary N) is 1. The normalized spacial score (nSPS) is 17.9. The molecule has 2 heterocycles. The predicted octanol–water partition coefficient (Wildman–Crippen LogP) is 3.10. The Kier molecular flexibility index (Phi) is 4.63. The van der Waals surface area contributed by atoms with Crippen molar-refractivity contribution in [1.29, 1.82) is 0 Å². The first kappa shape index (κ1) is 16.0. The number of piperazine rings is 1. The summed E-state index contributed by atoms with van der Waals surface area (Å²) in [5.41, 5.74) is 1.23. The van der Waals surface area contributed by atoms with Crippen LogP contribution in [-0.4, -0.2) is 36.1 Å². The van der Waals surface area contributed by atoms with Gasteiger partial charge in [-0.3, -0.25) is 9.88 Å². The smallest absolute Gasteiger partial charge is 0.314 e. The van der Waals surface area contributed by atoms with Crippen LogP contribution in [0.3, 0.4) is 0 Å². The molecule has 3 nitrogen and oxygen atoms in total. The lowest BCUT2D eigenvalue weighted by atomic mass is 9.96. The van der Waals surface area contributed by atoms with Gasteiger partial charge in [-0.25, -0.2) is 0 Å². The van der Waals surface area contributed by atoms with E-state index in [0.717, 1.165) is 49.4 Å². The first-order chi connectivity index (χ1) is 11.1. The molecule has 1 fully saturated rings. The van der Waals surface area contributed by atoms with E-state index in [1.807, 2.05) is 12.1 Å². The van der Waals surface area contributed by atoms with Crippen LogP contribution in [0.25, 0.3) is 0 Å². The van der Waals surface area contributed by atoms with Gasteiger partial charge < -0.3 is 5.32 Å². The zero-order chi connectivity index (χ0) is 16.3. The molecule has 0 saturated carbocycles. The average molecular weight is 321 g/mol. The average Bonchev–Trinajstić information content (AvgIpc) is 2.57. The van der Waals surface area contributed by atoms with Crippen molar-refractivity contribution in [2.24, 2.45) is 0 Å². The quantitative estimate of drug-likeness (QED) is 0.941. The highest BCUT2D eigenvalue weighted by molar-refractivity contribution is 5.33. The minimum atomic E-state index is -4.31. The monoisotopic (exact) mass is 321 g/mol. The Morgan fingerprint density at radius 1 is 1.00 bits per heavy atom. The van der Waals surface area contributed by atoms with Crippen LogP contribution in [0, 0.1) is 0 Å². The molecule has 0 aliphatic carbocycles. The zero-order valence-corrected chi connectivity index (χ0v) is 12.6. The fraction of sp³-hybridized carbons (Fsp3) is 0.353. The Morgan fingerprint density at radius 2 is 1.70 bits per heavy atom. The third-order valence-electron chi connectivity index (χ3n) is 4.07. The van der Waals surface area contributed by atoms with E-state index in [-0.39, 0.29) is 6.04 Å². The minimum Gasteiger partial charge on any atom is -0.314 e. The number of hydrogen-bond acceptors (Lipinski definition) is 3. The molecule has 1 aliphatic rings. The molecule has 1 aliphatic heterocycles. The Balaban J connectivity index is 1.94. The summed E-state index contributed by atoms with van der Waals surface area (Å²) >= 11 is 0. The number of rotatable bonds is 3. The number of benzene rings is 1. The zero-order valence-electron chi connectivity index (χ0n) is 12.6. The molecule has 1 N–H and O–H groups in total. The summed E-state index contributed by atoms with van der Waals surface area (Å²) in [6.07, 6.45) is -0.827. The van der Waals surface area contributed by atoms with Gasteiger partial charge in [0.25, 0.3) is 0 Å². The Morgan fingerprint density at radius 3 is 2.26 bits per heavy atom. The van der Waals surface area contributed by atoms with E-state index in [0.29, 0.717) is 0 Å². The second-order valence-corrected chi connectivity index (χ2v) is 5.59. The number of halogens is 3. The molecule has 3 rings (SSSR count). The minimum absolute atomic E-state index is 0.0758. The van der Waals surface area contributed by atoms with Gasteiger partial charge in [-0.05, 0) is 29.3 Å². The lowest BCUT2D eigenvalue weighted by Crippen LogP contribution is -2.45. The third kappa shape index (κ3) is 3.71. The first-order valence-corrected chi connectivity index (χ1v) is 7.57. The summed E-state index contributed by atoms with van der Waals surface area (Å²) in [5, 5.41) is 3.30. The van der Waals surface area contributed by atoms with Crippen molar-refractivity contribution in [3.63, 3.8) is 0 Å². The van der Waals surface area contributed by atoms with E-state index >= 15 is 0 Å². The van der Waals surface area contributed by atoms with Crippen molar-refractivity contribution < 1.29 is 13.2 Å². The van der Waals surface area contributed by atoms with Crippen LogP contribution < -0.4 is 5.32 Å². The number of hydrogen-bond donors (Lipinski definition) is 1. The molecule has 0 spiro atoms. The summed E-state index contributed by atoms with van der Waals surface area (Å²) in [6, 6.07) is 9.20. The molecule has 0 radical (unpaired) electrons. The van der Waals surface area contributed by atoms with Gasteiger partial charge in [0.15, 0.2) is 0 Å². The first-order valence-electron chi connectivity index (χ1n) is 7.57. The number of aromatic nitrogens is 1. The van der Waals surface area contributed by atoms with Crippen LogP contribution in [0.2, 0.25) is 0 Å². The van der Waals surface area contributed by atoms with Gasteiger partial charge in [0.2, 0.25) is 0 Å². The molecule has 1 aromatic heterocycles. The van der Waals surface area contributed by atoms with Gasteiger partial charge in [0, 0.05) is 38.6 Å². The van der Waals surface area contributed by atoms with Crippen LogP contribution in [0.4, 0.5) is 13.2 Å². The molecule has 23 heavy (non-hydrogen) atoms. The van der Waals surface area contributed by atoms with Crippen LogP contribution in [0.1, 0.15) is 22.7 Å². The SMILES string of the molecule is FC(F)(F)c1ccc([C@H](c2cccnc2)N2CCNCC2)cc1. The Hall–Kier alpha value is -1.92. The van der Waals surface area contributed by atoms with E-state index in [9.17, 15) is 13.2 Å². The van der Waals surface area contributed by atoms with Gasteiger partial charge in [-0.1, -0.05) is 18.2 Å². The van der Waals surface area contributed by atoms with Gasteiger partial charge in [0.1, 0.15) is 0 Å². The number of alkyl halides is 3. The number of nitrogens with zero attached hydrogens (tertiary/aromatic N) is 2. The van der Waals surface area contributed by atoms with Crippen molar-refractivity contribution in [3.8, 4) is 0 Å². The summed E-state index contributed by atoms with van der Waals surface area (Å²) in [6.45, 7) is 3.44. The van der Waals surface area contributed by atoms with Gasteiger partial charge >= 0.3 is 6.18 Å². The highest BCUT2D eigenvalue weighted by Crippen LogP contribution is 2.33. The second kappa shape index (κ2) is 6.68. The summed E-state index contributed by atoms with van der Waals surface area (Å²) < 4.78 is 38.3. The lowest BCUT2D eigenvalue weighted by Gasteiger charge is -2.35. The maximum Gasteiger partial charge on any atom is 0.416 e. The molecule has 0 bridgehead atoms. The second-order valence-electron chi connectivity index (χ2n) is 5.59. The molecule has 0 unspecified atom stereocenters. The molecule has 2 aromatic rings. The van der Waals surface area contributed by atoms with E-state index in [1.165, 1.54) is 0 Å². The summed E-state index contributed by atoms with van der Waals surface area (Å²) in [5.74, 6) is 0. The van der Waals surface area contributed by atoms with E-state index in [2.05, 4.69) is 15.2 Å². The molecule has 1 saturated heterocycles. The molecule has 0 amide bonds. The molecular formula is C17H18F3N3. The topological polar surface area (TPSA) is 28.2 Å². The van der Waals surface area contributed by atoms with Crippen LogP contribution >= 0.6 is 0 Å². The van der Waals surface area contributed by atoms with Gasteiger partial charge in [0.05, 0.1) is 11.6 Å². The highest BCUT2D eigenvalue weighted by Gasteiger charge is 2.31. The third-order valence-corrected chi connectivity index (χ3v) is 4.07. The predicted molar refractivity (Wildman–Crippen MR) is 82.0 cm³/mol. The molecule has 6 heteroatoms. The van der Waals surface area contributed by atoms with Crippen molar-refractivity contribution in [1.82, 2.24) is 15.2 Å². The summed E-state index contributed by atoms with van der Waals surface area (Å²) in [7, 11) is 0. The van der Waals surface area contributed by atoms with E-state index in [1.54, 1.807) is 24.5 Å². The Bertz CT molecular complexity index is 620. The fourth-order valence-corrected chi connectivity index (χ4v) is 2.95. The lowest BCUT2D eigenvalue weighted by molar-refractivity contribution is -0.137. The molecule has 122 valence electrons. The molecular weight excluding hydrogens is 303 g/mol. The number of pyridine rings is 1. The summed E-state index contributed by atoms with van der Waals surface area (Å²) in [4.78, 5) is 6.43. The van der Waals surface area contributed by atoms with E-state index in [4.69, 9.17) is 0 Å². The Labute approximate surface area is 133 Å². The van der Waals surface area contributed by atoms with Crippen molar-refractivity contribution in [2.45, 2.75) is 12.2 Å². The maximum absolute atomic E-state index is 12.8. The van der Waals surface area contributed by atoms with E-state index < -0.39 is 11.7 Å². The van der Waals surface area contributed by atoms with Crippen LogP contribution in [0.5, 0.6) is 0 Å². The van der Waals surface area contributed by atoms with Crippen molar-refractivity contribution in [2.75, 3.05) is 26.2 Å². The van der Waals surface area contributed by atoms with Crippen molar-refractivity contribution >= 4 is 0 Å².